The highest BCUT2D eigenvalue weighted by atomic mass is 35.5. The van der Waals surface area contributed by atoms with Crippen molar-refractivity contribution in [1.82, 2.24) is 4.57 Å². The summed E-state index contributed by atoms with van der Waals surface area (Å²) in [5.74, 6) is 0. The third-order valence-electron chi connectivity index (χ3n) is 0.951. The number of alkyl halides is 1. The molecule has 1 unspecified atom stereocenters. The number of rotatable bonds is 1. The van der Waals surface area contributed by atoms with E-state index in [2.05, 4.69) is 6.92 Å². The Bertz CT molecular complexity index is 144. The maximum Gasteiger partial charge on any atom is 0.107 e. The van der Waals surface area contributed by atoms with Crippen molar-refractivity contribution in [1.29, 1.82) is 0 Å². The minimum atomic E-state index is -0.176. The molecule has 0 aromatic carbocycles. The molecule has 1 nitrogen and oxygen atoms in total. The van der Waals surface area contributed by atoms with Crippen LogP contribution in [0.1, 0.15) is 5.50 Å². The third-order valence-corrected chi connectivity index (χ3v) is 1.18. The minimum Gasteiger partial charge on any atom is -0.338 e. The quantitative estimate of drug-likeness (QED) is 0.511. The molecule has 0 spiro atoms. The molecule has 1 atom stereocenters. The van der Waals surface area contributed by atoms with Crippen LogP contribution in [0.2, 0.25) is 0 Å². The highest BCUT2D eigenvalue weighted by Crippen LogP contribution is 2.08. The Balaban J connectivity index is 2.77. The molecule has 43 valence electrons. The third kappa shape index (κ3) is 1.04. The molecule has 0 fully saturated rings. The Morgan fingerprint density at radius 1 is 1.38 bits per heavy atom. The Kier molecular flexibility index (Phi) is 1.59. The summed E-state index contributed by atoms with van der Waals surface area (Å²) in [6.07, 6.45) is 3.76. The summed E-state index contributed by atoms with van der Waals surface area (Å²) in [7, 11) is 0. The smallest absolute Gasteiger partial charge is 0.107 e. The summed E-state index contributed by atoms with van der Waals surface area (Å²) in [5.41, 5.74) is -0.176. The Labute approximate surface area is 53.9 Å². The van der Waals surface area contributed by atoms with Gasteiger partial charge in [0.2, 0.25) is 0 Å². The van der Waals surface area contributed by atoms with Crippen LogP contribution in [0.4, 0.5) is 0 Å². The molecule has 0 bridgehead atoms. The van der Waals surface area contributed by atoms with Gasteiger partial charge in [0.25, 0.3) is 0 Å². The van der Waals surface area contributed by atoms with Gasteiger partial charge in [-0.2, -0.15) is 0 Å². The van der Waals surface area contributed by atoms with E-state index in [1.54, 1.807) is 0 Å². The highest BCUT2D eigenvalue weighted by Gasteiger charge is 1.92. The lowest BCUT2D eigenvalue weighted by atomic mass is 10.7. The summed E-state index contributed by atoms with van der Waals surface area (Å²) >= 11 is 5.60. The molecule has 2 heteroatoms. The molecule has 8 heavy (non-hydrogen) atoms. The molecular weight excluding hydrogens is 122 g/mol. The zero-order valence-corrected chi connectivity index (χ0v) is 5.17. The van der Waals surface area contributed by atoms with Gasteiger partial charge in [-0.05, 0) is 19.1 Å². The van der Waals surface area contributed by atoms with Gasteiger partial charge in [0.1, 0.15) is 5.50 Å². The molecule has 0 aliphatic heterocycles. The Morgan fingerprint density at radius 3 is 2.12 bits per heavy atom. The molecule has 0 saturated carbocycles. The SMILES string of the molecule is [CH2]C(Cl)n1cccc1. The van der Waals surface area contributed by atoms with Crippen molar-refractivity contribution in [2.45, 2.75) is 5.50 Å². The predicted molar refractivity (Wildman–Crippen MR) is 34.7 cm³/mol. The molecule has 1 rings (SSSR count). The minimum absolute atomic E-state index is 0.176. The van der Waals surface area contributed by atoms with Gasteiger partial charge in [0.15, 0.2) is 0 Å². The summed E-state index contributed by atoms with van der Waals surface area (Å²) in [6.45, 7) is 3.61. The zero-order valence-electron chi connectivity index (χ0n) is 4.42. The number of nitrogens with zero attached hydrogens (tertiary/aromatic N) is 1. The highest BCUT2D eigenvalue weighted by molar-refractivity contribution is 6.19. The van der Waals surface area contributed by atoms with Gasteiger partial charge in [-0.25, -0.2) is 0 Å². The maximum atomic E-state index is 5.60. The van der Waals surface area contributed by atoms with E-state index in [0.717, 1.165) is 0 Å². The summed E-state index contributed by atoms with van der Waals surface area (Å²) in [4.78, 5) is 0. The molecule has 0 saturated heterocycles. The topological polar surface area (TPSA) is 4.93 Å². The van der Waals surface area contributed by atoms with Crippen molar-refractivity contribution in [3.05, 3.63) is 31.5 Å². The lowest BCUT2D eigenvalue weighted by Gasteiger charge is -2.01. The van der Waals surface area contributed by atoms with E-state index in [-0.39, 0.29) is 5.50 Å². The van der Waals surface area contributed by atoms with Crippen LogP contribution in [0.15, 0.2) is 24.5 Å². The average molecular weight is 129 g/mol. The van der Waals surface area contributed by atoms with E-state index < -0.39 is 0 Å². The van der Waals surface area contributed by atoms with Gasteiger partial charge in [0.05, 0.1) is 0 Å². The fraction of sp³-hybridized carbons (Fsp3) is 0.167. The van der Waals surface area contributed by atoms with Crippen LogP contribution in [0.3, 0.4) is 0 Å². The molecular formula is C6H7ClN. The summed E-state index contributed by atoms with van der Waals surface area (Å²) in [5, 5.41) is 0. The first-order valence-electron chi connectivity index (χ1n) is 2.40. The number of halogens is 1. The van der Waals surface area contributed by atoms with Crippen LogP contribution in [0, 0.1) is 6.92 Å². The lowest BCUT2D eigenvalue weighted by Crippen LogP contribution is -1.91. The molecule has 1 heterocycles. The van der Waals surface area contributed by atoms with Crippen molar-refractivity contribution in [3.63, 3.8) is 0 Å². The standard InChI is InChI=1S/C6H7ClN/c1-6(7)8-4-2-3-5-8/h2-6H,1H2. The van der Waals surface area contributed by atoms with Gasteiger partial charge in [-0.3, -0.25) is 0 Å². The van der Waals surface area contributed by atoms with Crippen molar-refractivity contribution in [2.75, 3.05) is 0 Å². The van der Waals surface area contributed by atoms with Crippen LogP contribution < -0.4 is 0 Å². The Hall–Kier alpha value is -0.430. The van der Waals surface area contributed by atoms with E-state index in [0.29, 0.717) is 0 Å². The first kappa shape index (κ1) is 5.70. The van der Waals surface area contributed by atoms with Gasteiger partial charge < -0.3 is 4.57 Å². The monoisotopic (exact) mass is 128 g/mol. The molecule has 0 aliphatic carbocycles. The zero-order chi connectivity index (χ0) is 5.98. The van der Waals surface area contributed by atoms with Crippen molar-refractivity contribution in [3.8, 4) is 0 Å². The molecule has 1 aromatic heterocycles. The molecule has 1 aromatic rings. The Morgan fingerprint density at radius 2 is 1.88 bits per heavy atom. The van der Waals surface area contributed by atoms with Gasteiger partial charge >= 0.3 is 0 Å². The second-order valence-corrected chi connectivity index (χ2v) is 2.07. The van der Waals surface area contributed by atoms with E-state index >= 15 is 0 Å². The van der Waals surface area contributed by atoms with Crippen LogP contribution in [0.25, 0.3) is 0 Å². The van der Waals surface area contributed by atoms with Crippen LogP contribution in [-0.2, 0) is 0 Å². The largest absolute Gasteiger partial charge is 0.338 e. The van der Waals surface area contributed by atoms with E-state index in [1.807, 2.05) is 29.1 Å². The van der Waals surface area contributed by atoms with Crippen LogP contribution in [-0.4, -0.2) is 4.57 Å². The van der Waals surface area contributed by atoms with E-state index in [4.69, 9.17) is 11.6 Å². The van der Waals surface area contributed by atoms with Crippen LogP contribution in [0.5, 0.6) is 0 Å². The van der Waals surface area contributed by atoms with Gasteiger partial charge in [0, 0.05) is 12.4 Å². The van der Waals surface area contributed by atoms with Crippen LogP contribution >= 0.6 is 11.6 Å². The predicted octanol–water partition coefficient (Wildman–Crippen LogP) is 2.06. The van der Waals surface area contributed by atoms with Crippen molar-refractivity contribution < 1.29 is 0 Å². The first-order valence-corrected chi connectivity index (χ1v) is 2.84. The summed E-state index contributed by atoms with van der Waals surface area (Å²) < 4.78 is 1.82. The van der Waals surface area contributed by atoms with Gasteiger partial charge in [-0.1, -0.05) is 11.6 Å². The first-order chi connectivity index (χ1) is 3.80. The number of hydrogen-bond donors (Lipinski definition) is 0. The lowest BCUT2D eigenvalue weighted by molar-refractivity contribution is 0.793. The molecule has 0 aliphatic rings. The molecule has 0 N–H and O–H groups in total. The fourth-order valence-corrected chi connectivity index (χ4v) is 0.665. The second-order valence-electron chi connectivity index (χ2n) is 1.56. The van der Waals surface area contributed by atoms with Gasteiger partial charge in [-0.15, -0.1) is 0 Å². The fourth-order valence-electron chi connectivity index (χ4n) is 0.535. The molecule has 0 amide bonds. The maximum absolute atomic E-state index is 5.60. The second kappa shape index (κ2) is 2.23. The summed E-state index contributed by atoms with van der Waals surface area (Å²) in [6, 6.07) is 3.83. The van der Waals surface area contributed by atoms with Crippen molar-refractivity contribution in [2.24, 2.45) is 0 Å². The molecule has 1 radical (unpaired) electrons. The average Bonchev–Trinajstić information content (AvgIpc) is 2.12. The number of hydrogen-bond acceptors (Lipinski definition) is 0. The van der Waals surface area contributed by atoms with Crippen molar-refractivity contribution >= 4 is 11.6 Å². The number of aromatic nitrogens is 1. The normalized spacial score (nSPS) is 13.8. The van der Waals surface area contributed by atoms with E-state index in [1.165, 1.54) is 0 Å². The van der Waals surface area contributed by atoms with E-state index in [9.17, 15) is 0 Å².